The van der Waals surface area contributed by atoms with Crippen LogP contribution in [0.3, 0.4) is 0 Å². The Morgan fingerprint density at radius 3 is 2.09 bits per heavy atom. The maximum atomic E-state index is 14.6. The van der Waals surface area contributed by atoms with Gasteiger partial charge in [-0.2, -0.15) is 0 Å². The van der Waals surface area contributed by atoms with Crippen LogP contribution in [0.5, 0.6) is 0 Å². The molecule has 134 valence electrons. The molecule has 3 rings (SSSR count). The van der Waals surface area contributed by atoms with Crippen LogP contribution >= 0.6 is 0 Å². The van der Waals surface area contributed by atoms with E-state index < -0.39 is 6.17 Å². The van der Waals surface area contributed by atoms with Crippen molar-refractivity contribution in [2.45, 2.75) is 91.0 Å². The molecule has 0 amide bonds. The number of likely N-dealkylation sites (tertiary alicyclic amines) is 2. The minimum Gasteiger partial charge on any atom is -0.297 e. The van der Waals surface area contributed by atoms with Crippen molar-refractivity contribution < 1.29 is 4.39 Å². The summed E-state index contributed by atoms with van der Waals surface area (Å²) < 4.78 is 14.6. The molecule has 2 heterocycles. The van der Waals surface area contributed by atoms with Gasteiger partial charge in [0.1, 0.15) is 6.17 Å². The van der Waals surface area contributed by atoms with E-state index >= 15 is 0 Å². The monoisotopic (exact) mass is 324 g/mol. The molecule has 0 N–H and O–H groups in total. The zero-order valence-electron chi connectivity index (χ0n) is 16.1. The summed E-state index contributed by atoms with van der Waals surface area (Å²) in [5, 5.41) is 0. The second-order valence-corrected chi connectivity index (χ2v) is 10.5. The van der Waals surface area contributed by atoms with E-state index in [1.807, 2.05) is 0 Å². The highest BCUT2D eigenvalue weighted by Crippen LogP contribution is 2.43. The van der Waals surface area contributed by atoms with E-state index in [1.165, 1.54) is 25.9 Å². The Hall–Kier alpha value is -0.150. The van der Waals surface area contributed by atoms with E-state index in [4.69, 9.17) is 0 Å². The summed E-state index contributed by atoms with van der Waals surface area (Å²) in [6.07, 6.45) is 3.82. The first-order valence-electron chi connectivity index (χ1n) is 9.70. The molecule has 0 aromatic heterocycles. The fourth-order valence-electron chi connectivity index (χ4n) is 5.46. The average Bonchev–Trinajstić information content (AvgIpc) is 2.96. The Labute approximate surface area is 142 Å². The summed E-state index contributed by atoms with van der Waals surface area (Å²) in [7, 11) is 0. The van der Waals surface area contributed by atoms with Crippen molar-refractivity contribution in [1.29, 1.82) is 0 Å². The van der Waals surface area contributed by atoms with Crippen molar-refractivity contribution in [3.63, 3.8) is 0 Å². The molecule has 1 saturated carbocycles. The van der Waals surface area contributed by atoms with Crippen LogP contribution in [-0.2, 0) is 0 Å². The lowest BCUT2D eigenvalue weighted by molar-refractivity contribution is 0.0193. The topological polar surface area (TPSA) is 6.48 Å². The molecular weight excluding hydrogens is 287 g/mol. The molecule has 3 heteroatoms. The molecule has 3 aliphatic rings. The van der Waals surface area contributed by atoms with Crippen molar-refractivity contribution >= 4 is 0 Å². The van der Waals surface area contributed by atoms with Gasteiger partial charge in [0.15, 0.2) is 0 Å². The molecule has 2 saturated heterocycles. The maximum Gasteiger partial charge on any atom is 0.104 e. The van der Waals surface area contributed by atoms with Gasteiger partial charge in [-0.15, -0.1) is 0 Å². The number of fused-ring (bicyclic) bond motifs is 2. The van der Waals surface area contributed by atoms with E-state index in [1.54, 1.807) is 0 Å². The molecule has 0 radical (unpaired) electrons. The molecule has 0 spiro atoms. The molecule has 5 unspecified atom stereocenters. The SMILES string of the molecule is CC(C)(C)C1CCC(CN2CC3CC2CN3C(C)(C)C)CC1F. The van der Waals surface area contributed by atoms with Crippen molar-refractivity contribution in [3.8, 4) is 0 Å². The third-order valence-electron chi connectivity index (χ3n) is 6.70. The molecule has 3 fully saturated rings. The predicted octanol–water partition coefficient (Wildman–Crippen LogP) is 4.34. The number of hydrogen-bond donors (Lipinski definition) is 0. The van der Waals surface area contributed by atoms with Gasteiger partial charge in [0.25, 0.3) is 0 Å². The maximum absolute atomic E-state index is 14.6. The molecule has 0 aromatic carbocycles. The second kappa shape index (κ2) is 5.98. The lowest BCUT2D eigenvalue weighted by Gasteiger charge is -2.44. The average molecular weight is 325 g/mol. The van der Waals surface area contributed by atoms with Gasteiger partial charge in [-0.05, 0) is 63.7 Å². The van der Waals surface area contributed by atoms with Crippen LogP contribution in [0.15, 0.2) is 0 Å². The van der Waals surface area contributed by atoms with Crippen LogP contribution in [0, 0.1) is 17.3 Å². The molecular formula is C20H37FN2. The van der Waals surface area contributed by atoms with Crippen molar-refractivity contribution in [2.75, 3.05) is 19.6 Å². The number of nitrogens with zero attached hydrogens (tertiary/aromatic N) is 2. The van der Waals surface area contributed by atoms with Crippen LogP contribution in [0.25, 0.3) is 0 Å². The summed E-state index contributed by atoms with van der Waals surface area (Å²) >= 11 is 0. The molecule has 5 atom stereocenters. The van der Waals surface area contributed by atoms with Crippen molar-refractivity contribution in [2.24, 2.45) is 17.3 Å². The third-order valence-corrected chi connectivity index (χ3v) is 6.70. The van der Waals surface area contributed by atoms with Crippen molar-refractivity contribution in [1.82, 2.24) is 9.80 Å². The van der Waals surface area contributed by atoms with E-state index in [2.05, 4.69) is 51.3 Å². The zero-order chi connectivity index (χ0) is 17.0. The van der Waals surface area contributed by atoms with Crippen molar-refractivity contribution in [3.05, 3.63) is 0 Å². The quantitative estimate of drug-likeness (QED) is 0.745. The number of piperazine rings is 1. The number of halogens is 1. The van der Waals surface area contributed by atoms with Gasteiger partial charge >= 0.3 is 0 Å². The fourth-order valence-corrected chi connectivity index (χ4v) is 5.46. The van der Waals surface area contributed by atoms with E-state index in [9.17, 15) is 4.39 Å². The lowest BCUT2D eigenvalue weighted by Crippen LogP contribution is -2.54. The summed E-state index contributed by atoms with van der Waals surface area (Å²) in [6, 6.07) is 1.45. The van der Waals surface area contributed by atoms with Gasteiger partial charge in [0.05, 0.1) is 0 Å². The van der Waals surface area contributed by atoms with Crippen LogP contribution in [0.2, 0.25) is 0 Å². The van der Waals surface area contributed by atoms with E-state index in [0.717, 1.165) is 31.5 Å². The lowest BCUT2D eigenvalue weighted by atomic mass is 9.68. The Morgan fingerprint density at radius 2 is 1.61 bits per heavy atom. The normalized spacial score (nSPS) is 40.0. The number of alkyl halides is 1. The second-order valence-electron chi connectivity index (χ2n) is 10.5. The molecule has 1 aliphatic carbocycles. The smallest absolute Gasteiger partial charge is 0.104 e. The van der Waals surface area contributed by atoms with E-state index in [0.29, 0.717) is 11.5 Å². The van der Waals surface area contributed by atoms with Crippen LogP contribution in [-0.4, -0.2) is 53.2 Å². The van der Waals surface area contributed by atoms with Gasteiger partial charge in [0.2, 0.25) is 0 Å². The molecule has 23 heavy (non-hydrogen) atoms. The standard InChI is InChI=1S/C20H37FN2/c1-19(2,3)17-8-7-14(9-18(17)21)11-22-12-16-10-15(22)13-23(16)20(4,5)6/h14-18H,7-13H2,1-6H3. The zero-order valence-corrected chi connectivity index (χ0v) is 16.1. The summed E-state index contributed by atoms with van der Waals surface area (Å²) in [6.45, 7) is 17.2. The largest absolute Gasteiger partial charge is 0.297 e. The van der Waals surface area contributed by atoms with Crippen LogP contribution < -0.4 is 0 Å². The number of rotatable bonds is 2. The molecule has 0 aromatic rings. The minimum absolute atomic E-state index is 0.115. The first-order valence-corrected chi connectivity index (χ1v) is 9.70. The highest BCUT2D eigenvalue weighted by Gasteiger charge is 2.47. The molecule has 2 bridgehead atoms. The van der Waals surface area contributed by atoms with Gasteiger partial charge < -0.3 is 0 Å². The van der Waals surface area contributed by atoms with Gasteiger partial charge in [-0.25, -0.2) is 4.39 Å². The fraction of sp³-hybridized carbons (Fsp3) is 1.00. The Morgan fingerprint density at radius 1 is 0.913 bits per heavy atom. The first kappa shape index (κ1) is 17.7. The third kappa shape index (κ3) is 3.61. The summed E-state index contributed by atoms with van der Waals surface area (Å²) in [5.41, 5.74) is 0.407. The van der Waals surface area contributed by atoms with Gasteiger partial charge in [-0.1, -0.05) is 20.8 Å². The minimum atomic E-state index is -0.598. The first-order chi connectivity index (χ1) is 10.6. The number of hydrogen-bond acceptors (Lipinski definition) is 2. The van der Waals surface area contributed by atoms with Crippen LogP contribution in [0.1, 0.15) is 67.2 Å². The van der Waals surface area contributed by atoms with Gasteiger partial charge in [-0.3, -0.25) is 9.80 Å². The Balaban J connectivity index is 1.52. The predicted molar refractivity (Wildman–Crippen MR) is 95.4 cm³/mol. The summed E-state index contributed by atoms with van der Waals surface area (Å²) in [5.74, 6) is 0.830. The Bertz CT molecular complexity index is 422. The summed E-state index contributed by atoms with van der Waals surface area (Å²) in [4.78, 5) is 5.37. The Kier molecular flexibility index (Phi) is 4.59. The molecule has 2 aliphatic heterocycles. The van der Waals surface area contributed by atoms with E-state index in [-0.39, 0.29) is 11.3 Å². The van der Waals surface area contributed by atoms with Crippen LogP contribution in [0.4, 0.5) is 4.39 Å². The molecule has 2 nitrogen and oxygen atoms in total. The highest BCUT2D eigenvalue weighted by atomic mass is 19.1. The highest BCUT2D eigenvalue weighted by molar-refractivity contribution is 5.03. The van der Waals surface area contributed by atoms with Gasteiger partial charge in [0, 0.05) is 37.3 Å².